The summed E-state index contributed by atoms with van der Waals surface area (Å²) in [5, 5.41) is 2.45. The Morgan fingerprint density at radius 2 is 1.71 bits per heavy atom. The molecule has 4 amide bonds. The topological polar surface area (TPSA) is 84.9 Å². The van der Waals surface area contributed by atoms with E-state index in [1.807, 2.05) is 31.2 Å². The molecule has 1 heterocycles. The fourth-order valence-corrected chi connectivity index (χ4v) is 4.15. The number of amides is 4. The summed E-state index contributed by atoms with van der Waals surface area (Å²) in [6, 6.07) is 18.4. The van der Waals surface area contributed by atoms with Crippen molar-refractivity contribution in [3.05, 3.63) is 92.9 Å². The minimum absolute atomic E-state index is 0.214. The van der Waals surface area contributed by atoms with Crippen LogP contribution in [0.25, 0.3) is 6.08 Å². The van der Waals surface area contributed by atoms with Crippen molar-refractivity contribution in [2.24, 2.45) is 0 Å². The molecule has 4 rings (SSSR count). The van der Waals surface area contributed by atoms with Crippen LogP contribution in [0.15, 0.2) is 76.8 Å². The molecular weight excluding hydrogens is 536 g/mol. The molecule has 0 atom stereocenters. The number of para-hydroxylation sites is 1. The Kier molecular flexibility index (Phi) is 7.53. The van der Waals surface area contributed by atoms with Crippen molar-refractivity contribution >= 4 is 57.1 Å². The fourth-order valence-electron chi connectivity index (χ4n) is 3.48. The van der Waals surface area contributed by atoms with E-state index in [4.69, 9.17) is 21.1 Å². The van der Waals surface area contributed by atoms with Crippen molar-refractivity contribution < 1.29 is 23.9 Å². The molecule has 1 N–H and O–H groups in total. The number of carbonyl (C=O) groups excluding carboxylic acids is 3. The van der Waals surface area contributed by atoms with Gasteiger partial charge in [-0.1, -0.05) is 63.9 Å². The molecule has 0 radical (unpaired) electrons. The van der Waals surface area contributed by atoms with Gasteiger partial charge in [0.15, 0.2) is 11.5 Å². The van der Waals surface area contributed by atoms with Crippen molar-refractivity contribution in [3.8, 4) is 11.5 Å². The number of nitrogens with zero attached hydrogens (tertiary/aromatic N) is 1. The molecule has 1 saturated heterocycles. The Hall–Kier alpha value is -3.62. The molecular formula is C26H20BrClN2O5. The molecule has 0 aromatic heterocycles. The van der Waals surface area contributed by atoms with E-state index in [0.29, 0.717) is 29.4 Å². The average molecular weight is 556 g/mol. The summed E-state index contributed by atoms with van der Waals surface area (Å²) in [7, 11) is 0. The number of nitrogens with one attached hydrogen (secondary N) is 1. The number of hydrogen-bond acceptors (Lipinski definition) is 5. The van der Waals surface area contributed by atoms with E-state index >= 15 is 0 Å². The van der Waals surface area contributed by atoms with Gasteiger partial charge in [0.2, 0.25) is 0 Å². The van der Waals surface area contributed by atoms with Crippen molar-refractivity contribution in [1.29, 1.82) is 0 Å². The van der Waals surface area contributed by atoms with Crippen LogP contribution in [0, 0.1) is 0 Å². The second-order valence-electron chi connectivity index (χ2n) is 7.44. The Labute approximate surface area is 215 Å². The smallest absolute Gasteiger partial charge is 0.335 e. The van der Waals surface area contributed by atoms with Gasteiger partial charge >= 0.3 is 6.03 Å². The molecule has 3 aromatic rings. The first-order chi connectivity index (χ1) is 16.9. The Bertz CT molecular complexity index is 1330. The molecule has 3 aromatic carbocycles. The minimum Gasteiger partial charge on any atom is -0.490 e. The molecule has 1 aliphatic rings. The first-order valence-corrected chi connectivity index (χ1v) is 11.8. The molecule has 7 nitrogen and oxygen atoms in total. The number of urea groups is 1. The van der Waals surface area contributed by atoms with E-state index in [9.17, 15) is 14.4 Å². The minimum atomic E-state index is -0.813. The maximum absolute atomic E-state index is 13.1. The second-order valence-corrected chi connectivity index (χ2v) is 8.70. The molecule has 9 heteroatoms. The first kappa shape index (κ1) is 24.5. The van der Waals surface area contributed by atoms with Crippen molar-refractivity contribution in [2.75, 3.05) is 11.5 Å². The van der Waals surface area contributed by atoms with Crippen molar-refractivity contribution in [3.63, 3.8) is 0 Å². The molecule has 0 bridgehead atoms. The summed E-state index contributed by atoms with van der Waals surface area (Å²) >= 11 is 10.0. The maximum atomic E-state index is 13.1. The molecule has 0 spiro atoms. The number of halogens is 2. The third-order valence-electron chi connectivity index (χ3n) is 5.09. The monoisotopic (exact) mass is 554 g/mol. The van der Waals surface area contributed by atoms with Gasteiger partial charge in [0, 0.05) is 10.0 Å². The third kappa shape index (κ3) is 5.39. The molecule has 0 aliphatic carbocycles. The lowest BCUT2D eigenvalue weighted by Crippen LogP contribution is -2.54. The van der Waals surface area contributed by atoms with Crippen LogP contribution in [0.5, 0.6) is 11.5 Å². The number of rotatable bonds is 7. The van der Waals surface area contributed by atoms with E-state index in [-0.39, 0.29) is 17.2 Å². The van der Waals surface area contributed by atoms with E-state index in [0.717, 1.165) is 14.9 Å². The van der Waals surface area contributed by atoms with Crippen molar-refractivity contribution in [2.45, 2.75) is 13.5 Å². The zero-order valence-corrected chi connectivity index (χ0v) is 20.9. The highest BCUT2D eigenvalue weighted by Crippen LogP contribution is 2.38. The lowest BCUT2D eigenvalue weighted by molar-refractivity contribution is -0.122. The number of hydrogen-bond donors (Lipinski definition) is 1. The molecule has 35 heavy (non-hydrogen) atoms. The normalized spacial score (nSPS) is 14.8. The van der Waals surface area contributed by atoms with Gasteiger partial charge in [-0.15, -0.1) is 0 Å². The Morgan fingerprint density at radius 1 is 1.00 bits per heavy atom. The number of imide groups is 2. The summed E-state index contributed by atoms with van der Waals surface area (Å²) in [5.74, 6) is -0.839. The van der Waals surface area contributed by atoms with Crippen LogP contribution in [0.3, 0.4) is 0 Å². The van der Waals surface area contributed by atoms with Gasteiger partial charge in [-0.25, -0.2) is 9.69 Å². The van der Waals surface area contributed by atoms with Gasteiger partial charge in [-0.05, 0) is 48.9 Å². The highest BCUT2D eigenvalue weighted by molar-refractivity contribution is 9.10. The number of carbonyl (C=O) groups is 3. The van der Waals surface area contributed by atoms with Gasteiger partial charge in [0.25, 0.3) is 11.8 Å². The van der Waals surface area contributed by atoms with E-state index in [2.05, 4.69) is 21.2 Å². The predicted octanol–water partition coefficient (Wildman–Crippen LogP) is 5.75. The van der Waals surface area contributed by atoms with Crippen LogP contribution in [0.2, 0.25) is 5.02 Å². The summed E-state index contributed by atoms with van der Waals surface area (Å²) < 4.78 is 12.6. The highest BCUT2D eigenvalue weighted by Gasteiger charge is 2.36. The Balaban J connectivity index is 1.66. The molecule has 1 fully saturated rings. The average Bonchev–Trinajstić information content (AvgIpc) is 2.83. The fraction of sp³-hybridized carbons (Fsp3) is 0.115. The summed E-state index contributed by atoms with van der Waals surface area (Å²) in [4.78, 5) is 38.9. The predicted molar refractivity (Wildman–Crippen MR) is 137 cm³/mol. The maximum Gasteiger partial charge on any atom is 0.335 e. The van der Waals surface area contributed by atoms with E-state index < -0.39 is 17.8 Å². The van der Waals surface area contributed by atoms with Gasteiger partial charge in [-0.2, -0.15) is 0 Å². The Morgan fingerprint density at radius 3 is 2.43 bits per heavy atom. The van der Waals surface area contributed by atoms with Gasteiger partial charge in [-0.3, -0.25) is 14.9 Å². The van der Waals surface area contributed by atoms with E-state index in [1.165, 1.54) is 6.08 Å². The van der Waals surface area contributed by atoms with Gasteiger partial charge in [0.1, 0.15) is 12.2 Å². The largest absolute Gasteiger partial charge is 0.490 e. The van der Waals surface area contributed by atoms with Crippen LogP contribution in [0.1, 0.15) is 18.1 Å². The van der Waals surface area contributed by atoms with Crippen molar-refractivity contribution in [1.82, 2.24) is 5.32 Å². The number of ether oxygens (including phenoxy) is 2. The summed E-state index contributed by atoms with van der Waals surface area (Å²) in [6.07, 6.45) is 1.37. The second kappa shape index (κ2) is 10.8. The zero-order chi connectivity index (χ0) is 24.9. The van der Waals surface area contributed by atoms with Gasteiger partial charge in [0.05, 0.1) is 17.3 Å². The zero-order valence-electron chi connectivity index (χ0n) is 18.6. The molecule has 1 aliphatic heterocycles. The molecule has 178 valence electrons. The van der Waals surface area contributed by atoms with E-state index in [1.54, 1.807) is 42.5 Å². The van der Waals surface area contributed by atoms with Crippen LogP contribution >= 0.6 is 27.5 Å². The van der Waals surface area contributed by atoms with Gasteiger partial charge < -0.3 is 9.47 Å². The number of anilines is 1. The lowest BCUT2D eigenvalue weighted by atomic mass is 10.1. The lowest BCUT2D eigenvalue weighted by Gasteiger charge is -2.26. The molecule has 0 unspecified atom stereocenters. The first-order valence-electron chi connectivity index (χ1n) is 10.7. The van der Waals surface area contributed by atoms with Crippen LogP contribution < -0.4 is 19.7 Å². The quantitative estimate of drug-likeness (QED) is 0.297. The highest BCUT2D eigenvalue weighted by atomic mass is 79.9. The third-order valence-corrected chi connectivity index (χ3v) is 6.14. The number of benzene rings is 3. The van der Waals surface area contributed by atoms with Crippen LogP contribution in [-0.2, 0) is 16.2 Å². The SMILES string of the molecule is CCOc1cc(/C=C2\C(=O)NC(=O)N(c3ccccc3)C2=O)cc(Cl)c1OCc1ccccc1Br. The standard InChI is InChI=1S/C26H20BrClN2O5/c1-2-34-22-14-16(13-21(28)23(22)35-15-17-8-6-7-11-20(17)27)12-19-24(31)29-26(33)30(25(19)32)18-9-4-3-5-10-18/h3-14H,2,15H2,1H3,(H,29,31,33)/b19-12+. The summed E-state index contributed by atoms with van der Waals surface area (Å²) in [5.41, 5.74) is 1.49. The van der Waals surface area contributed by atoms with Crippen LogP contribution in [-0.4, -0.2) is 24.5 Å². The molecule has 0 saturated carbocycles. The van der Waals surface area contributed by atoms with Crippen LogP contribution in [0.4, 0.5) is 10.5 Å². The number of barbiturate groups is 1. The summed E-state index contributed by atoms with van der Waals surface area (Å²) in [6.45, 7) is 2.41.